The van der Waals surface area contributed by atoms with Gasteiger partial charge < -0.3 is 31.5 Å². The van der Waals surface area contributed by atoms with E-state index in [9.17, 15) is 4.79 Å². The molecule has 0 aliphatic heterocycles. The average molecular weight is 379 g/mol. The highest BCUT2D eigenvalue weighted by Crippen LogP contribution is 2.11. The molecule has 0 unspecified atom stereocenters. The van der Waals surface area contributed by atoms with Gasteiger partial charge in [0.2, 0.25) is 0 Å². The van der Waals surface area contributed by atoms with Crippen LogP contribution >= 0.6 is 0 Å². The molecule has 0 rings (SSSR count). The minimum Gasteiger partial charge on any atom is -0.464 e. The Hall–Kier alpha value is -0.730. The Labute approximate surface area is 159 Å². The van der Waals surface area contributed by atoms with E-state index in [2.05, 4.69) is 6.92 Å². The zero-order chi connectivity index (χ0) is 20.0. The van der Waals surface area contributed by atoms with Gasteiger partial charge in [0.15, 0.2) is 0 Å². The Morgan fingerprint density at radius 3 is 1.58 bits per heavy atom. The van der Waals surface area contributed by atoms with E-state index >= 15 is 0 Å². The number of hydrogen-bond donors (Lipinski definition) is 5. The summed E-state index contributed by atoms with van der Waals surface area (Å²) >= 11 is 0. The molecule has 26 heavy (non-hydrogen) atoms. The third-order valence-electron chi connectivity index (χ3n) is 3.90. The molecule has 0 saturated heterocycles. The Bertz CT molecular complexity index is 289. The van der Waals surface area contributed by atoms with Gasteiger partial charge in [0.1, 0.15) is 6.61 Å². The zero-order valence-electron chi connectivity index (χ0n) is 16.6. The zero-order valence-corrected chi connectivity index (χ0v) is 16.6. The summed E-state index contributed by atoms with van der Waals surface area (Å²) in [6.45, 7) is 1.92. The molecular weight excluding hydrogens is 336 g/mol. The molecule has 7 nitrogen and oxygen atoms in total. The molecule has 0 saturated carbocycles. The molecule has 0 aromatic carbocycles. The summed E-state index contributed by atoms with van der Waals surface area (Å²) in [4.78, 5) is 11.3. The van der Waals surface area contributed by atoms with Gasteiger partial charge in [0.25, 0.3) is 0 Å². The average Bonchev–Trinajstić information content (AvgIpc) is 2.67. The molecule has 158 valence electrons. The first kappa shape index (κ1) is 27.5. The van der Waals surface area contributed by atoms with Crippen LogP contribution in [0.3, 0.4) is 0 Å². The summed E-state index contributed by atoms with van der Waals surface area (Å²) in [5.41, 5.74) is 10.4. The van der Waals surface area contributed by atoms with Crippen LogP contribution in [0.1, 0.15) is 77.6 Å². The van der Waals surface area contributed by atoms with Gasteiger partial charge >= 0.3 is 5.97 Å². The summed E-state index contributed by atoms with van der Waals surface area (Å²) < 4.78 is 4.95. The highest BCUT2D eigenvalue weighted by Gasteiger charge is 2.06. The minimum absolute atomic E-state index is 0.118. The quantitative estimate of drug-likeness (QED) is 0.202. The van der Waals surface area contributed by atoms with E-state index in [0.29, 0.717) is 6.42 Å². The molecule has 0 aliphatic carbocycles. The van der Waals surface area contributed by atoms with Crippen LogP contribution in [0.4, 0.5) is 0 Å². The second-order valence-corrected chi connectivity index (χ2v) is 6.68. The summed E-state index contributed by atoms with van der Waals surface area (Å²) in [7, 11) is 0. The van der Waals surface area contributed by atoms with Gasteiger partial charge in [-0.3, -0.25) is 4.79 Å². The number of esters is 1. The van der Waals surface area contributed by atoms with Crippen LogP contribution in [0.15, 0.2) is 0 Å². The molecule has 7 heteroatoms. The van der Waals surface area contributed by atoms with Crippen LogP contribution < -0.4 is 11.5 Å². The number of nitrogens with two attached hydrogens (primary N) is 2. The van der Waals surface area contributed by atoms with Crippen molar-refractivity contribution in [2.24, 2.45) is 11.5 Å². The Kier molecular flexibility index (Phi) is 23.6. The molecule has 1 atom stereocenters. The lowest BCUT2D eigenvalue weighted by Crippen LogP contribution is -2.31. The van der Waals surface area contributed by atoms with Gasteiger partial charge in [-0.25, -0.2) is 0 Å². The minimum atomic E-state index is -0.454. The van der Waals surface area contributed by atoms with Crippen molar-refractivity contribution >= 4 is 5.97 Å². The van der Waals surface area contributed by atoms with Crippen LogP contribution in [-0.2, 0) is 9.53 Å². The fourth-order valence-electron chi connectivity index (χ4n) is 2.14. The molecule has 0 amide bonds. The first-order chi connectivity index (χ1) is 12.5. The smallest absolute Gasteiger partial charge is 0.305 e. The van der Waals surface area contributed by atoms with E-state index in [1.54, 1.807) is 0 Å². The number of carbonyl (C=O) groups excluding carboxylic acids is 1. The van der Waals surface area contributed by atoms with Gasteiger partial charge in [-0.1, -0.05) is 64.7 Å². The second-order valence-electron chi connectivity index (χ2n) is 6.68. The highest BCUT2D eigenvalue weighted by molar-refractivity contribution is 5.69. The van der Waals surface area contributed by atoms with Gasteiger partial charge in [0, 0.05) is 6.42 Å². The number of aliphatic hydroxyl groups excluding tert-OH is 3. The normalized spacial score (nSPS) is 11.8. The summed E-state index contributed by atoms with van der Waals surface area (Å²) in [6, 6.07) is -0.906. The van der Waals surface area contributed by atoms with Crippen LogP contribution in [0, 0.1) is 0 Å². The van der Waals surface area contributed by atoms with E-state index < -0.39 is 12.1 Å². The van der Waals surface area contributed by atoms with Crippen molar-refractivity contribution in [1.82, 2.24) is 0 Å². The molecular formula is C19H42N2O5. The lowest BCUT2D eigenvalue weighted by Gasteiger charge is -2.09. The van der Waals surface area contributed by atoms with Gasteiger partial charge in [-0.15, -0.1) is 0 Å². The SMILES string of the molecule is CCCCCCCCCCCCC(=O)OC[C@H](N)CO.NC(CO)CO. The standard InChI is InChI=1S/C16H33NO3.C3H9NO2/c1-2-3-4-5-6-7-8-9-10-11-12-16(19)20-14-15(17)13-18;4-3(1-5)2-6/h15,18H,2-14,17H2,1H3;3,5-6H,1-2,4H2/t15-;/m1./s1. The predicted octanol–water partition coefficient (Wildman–Crippen LogP) is 1.46. The van der Waals surface area contributed by atoms with E-state index in [1.807, 2.05) is 0 Å². The van der Waals surface area contributed by atoms with Crippen LogP contribution in [0.2, 0.25) is 0 Å². The summed E-state index contributed by atoms with van der Waals surface area (Å²) in [6.07, 6.45) is 13.0. The fourth-order valence-corrected chi connectivity index (χ4v) is 2.14. The maximum absolute atomic E-state index is 11.3. The number of ether oxygens (including phenoxy) is 1. The molecule has 0 heterocycles. The largest absolute Gasteiger partial charge is 0.464 e. The Morgan fingerprint density at radius 1 is 0.769 bits per heavy atom. The Balaban J connectivity index is 0. The maximum atomic E-state index is 11.3. The maximum Gasteiger partial charge on any atom is 0.305 e. The number of unbranched alkanes of at least 4 members (excludes halogenated alkanes) is 9. The molecule has 0 aromatic heterocycles. The topological polar surface area (TPSA) is 139 Å². The third-order valence-corrected chi connectivity index (χ3v) is 3.90. The van der Waals surface area contributed by atoms with Crippen LogP contribution in [0.25, 0.3) is 0 Å². The molecule has 0 aliphatic rings. The van der Waals surface area contributed by atoms with Crippen molar-refractivity contribution in [2.75, 3.05) is 26.4 Å². The van der Waals surface area contributed by atoms with E-state index in [-0.39, 0.29) is 32.4 Å². The van der Waals surface area contributed by atoms with E-state index in [0.717, 1.165) is 12.8 Å². The summed E-state index contributed by atoms with van der Waals surface area (Å²) in [5.74, 6) is -0.200. The van der Waals surface area contributed by atoms with Crippen LogP contribution in [-0.4, -0.2) is 59.8 Å². The number of carbonyl (C=O) groups is 1. The molecule has 0 bridgehead atoms. The number of aliphatic hydroxyl groups is 3. The first-order valence-electron chi connectivity index (χ1n) is 10.0. The number of hydrogen-bond acceptors (Lipinski definition) is 7. The molecule has 7 N–H and O–H groups in total. The molecule has 0 radical (unpaired) electrons. The van der Waals surface area contributed by atoms with Crippen molar-refractivity contribution in [3.63, 3.8) is 0 Å². The number of rotatable bonds is 16. The Morgan fingerprint density at radius 2 is 1.19 bits per heavy atom. The summed E-state index contributed by atoms with van der Waals surface area (Å²) in [5, 5.41) is 24.8. The van der Waals surface area contributed by atoms with E-state index in [4.69, 9.17) is 31.5 Å². The van der Waals surface area contributed by atoms with Gasteiger partial charge in [-0.05, 0) is 6.42 Å². The lowest BCUT2D eigenvalue weighted by molar-refractivity contribution is -0.144. The lowest BCUT2D eigenvalue weighted by atomic mass is 10.1. The van der Waals surface area contributed by atoms with Crippen molar-refractivity contribution in [3.05, 3.63) is 0 Å². The highest BCUT2D eigenvalue weighted by atomic mass is 16.5. The van der Waals surface area contributed by atoms with Gasteiger partial charge in [-0.2, -0.15) is 0 Å². The molecule has 0 spiro atoms. The predicted molar refractivity (Wildman–Crippen MR) is 105 cm³/mol. The van der Waals surface area contributed by atoms with Crippen LogP contribution in [0.5, 0.6) is 0 Å². The molecule has 0 aromatic rings. The molecule has 0 fully saturated rings. The third kappa shape index (κ3) is 23.3. The van der Waals surface area contributed by atoms with Crippen molar-refractivity contribution in [1.29, 1.82) is 0 Å². The first-order valence-corrected chi connectivity index (χ1v) is 10.0. The fraction of sp³-hybridized carbons (Fsp3) is 0.947. The van der Waals surface area contributed by atoms with Crippen molar-refractivity contribution in [3.8, 4) is 0 Å². The monoisotopic (exact) mass is 378 g/mol. The van der Waals surface area contributed by atoms with Gasteiger partial charge in [0.05, 0.1) is 31.9 Å². The van der Waals surface area contributed by atoms with Crippen molar-refractivity contribution < 1.29 is 24.9 Å². The van der Waals surface area contributed by atoms with E-state index in [1.165, 1.54) is 51.4 Å². The van der Waals surface area contributed by atoms with Crippen molar-refractivity contribution in [2.45, 2.75) is 89.6 Å². The second kappa shape index (κ2) is 22.3.